The zero-order valence-corrected chi connectivity index (χ0v) is 10.6. The van der Waals surface area contributed by atoms with E-state index in [-0.39, 0.29) is 5.41 Å². The second kappa shape index (κ2) is 5.55. The number of nitrogens with one attached hydrogen (secondary N) is 1. The molecule has 0 amide bonds. The van der Waals surface area contributed by atoms with Gasteiger partial charge in [-0.1, -0.05) is 27.7 Å². The molecule has 0 aromatic rings. The summed E-state index contributed by atoms with van der Waals surface area (Å²) in [5.41, 5.74) is 1.70. The van der Waals surface area contributed by atoms with Crippen LogP contribution >= 0.6 is 0 Å². The predicted octanol–water partition coefficient (Wildman–Crippen LogP) is 3.10. The molecule has 0 radical (unpaired) electrons. The van der Waals surface area contributed by atoms with Crippen LogP contribution in [0.3, 0.4) is 0 Å². The lowest BCUT2D eigenvalue weighted by Gasteiger charge is -2.34. The highest BCUT2D eigenvalue weighted by Gasteiger charge is 2.28. The van der Waals surface area contributed by atoms with Crippen LogP contribution in [-0.4, -0.2) is 19.2 Å². The predicted molar refractivity (Wildman–Crippen MR) is 64.8 cm³/mol. The molecule has 2 nitrogen and oxygen atoms in total. The van der Waals surface area contributed by atoms with Gasteiger partial charge in [-0.2, -0.15) is 0 Å². The standard InChI is InChI=1S/C13H25NO/c1-5-8-14-12(13(2,3)4)11-7-6-9-15-10-11/h10,12,14H,5-9H2,1-4H3. The molecular formula is C13H25NO. The van der Waals surface area contributed by atoms with Gasteiger partial charge in [-0.25, -0.2) is 0 Å². The first-order valence-electron chi connectivity index (χ1n) is 6.09. The SMILES string of the molecule is CCCNC(C1=COCCC1)C(C)(C)C. The second-order valence-electron chi connectivity index (χ2n) is 5.42. The van der Waals surface area contributed by atoms with E-state index in [1.54, 1.807) is 0 Å². The monoisotopic (exact) mass is 211 g/mol. The Kier molecular flexibility index (Phi) is 4.65. The maximum absolute atomic E-state index is 5.44. The summed E-state index contributed by atoms with van der Waals surface area (Å²) in [6.45, 7) is 11.0. The fourth-order valence-corrected chi connectivity index (χ4v) is 2.08. The summed E-state index contributed by atoms with van der Waals surface area (Å²) < 4.78 is 5.44. The Bertz CT molecular complexity index is 215. The lowest BCUT2D eigenvalue weighted by Crippen LogP contribution is -2.42. The fourth-order valence-electron chi connectivity index (χ4n) is 2.08. The van der Waals surface area contributed by atoms with Crippen LogP contribution in [0.1, 0.15) is 47.0 Å². The Hall–Kier alpha value is -0.500. The van der Waals surface area contributed by atoms with Gasteiger partial charge in [0.1, 0.15) is 0 Å². The molecule has 1 N–H and O–H groups in total. The fraction of sp³-hybridized carbons (Fsp3) is 0.846. The van der Waals surface area contributed by atoms with Gasteiger partial charge in [-0.3, -0.25) is 0 Å². The van der Waals surface area contributed by atoms with Crippen molar-refractivity contribution in [3.63, 3.8) is 0 Å². The summed E-state index contributed by atoms with van der Waals surface area (Å²) in [4.78, 5) is 0. The first-order chi connectivity index (χ1) is 7.05. The molecule has 1 unspecified atom stereocenters. The maximum atomic E-state index is 5.44. The van der Waals surface area contributed by atoms with E-state index in [1.165, 1.54) is 18.4 Å². The third-order valence-corrected chi connectivity index (χ3v) is 2.80. The summed E-state index contributed by atoms with van der Waals surface area (Å²) >= 11 is 0. The first-order valence-corrected chi connectivity index (χ1v) is 6.09. The highest BCUT2D eigenvalue weighted by atomic mass is 16.5. The lowest BCUT2D eigenvalue weighted by molar-refractivity contribution is 0.204. The summed E-state index contributed by atoms with van der Waals surface area (Å²) in [5.74, 6) is 0. The van der Waals surface area contributed by atoms with E-state index in [2.05, 4.69) is 33.0 Å². The summed E-state index contributed by atoms with van der Waals surface area (Å²) in [5, 5.41) is 3.63. The second-order valence-corrected chi connectivity index (χ2v) is 5.42. The van der Waals surface area contributed by atoms with Crippen molar-refractivity contribution in [3.8, 4) is 0 Å². The lowest BCUT2D eigenvalue weighted by atomic mass is 9.80. The van der Waals surface area contributed by atoms with Gasteiger partial charge < -0.3 is 10.1 Å². The molecule has 0 aliphatic carbocycles. The molecule has 0 saturated carbocycles. The third kappa shape index (κ3) is 3.86. The van der Waals surface area contributed by atoms with Crippen LogP contribution in [0.4, 0.5) is 0 Å². The minimum Gasteiger partial charge on any atom is -0.501 e. The van der Waals surface area contributed by atoms with Gasteiger partial charge in [0.25, 0.3) is 0 Å². The molecule has 0 bridgehead atoms. The average Bonchev–Trinajstić information content (AvgIpc) is 2.18. The molecule has 0 spiro atoms. The van der Waals surface area contributed by atoms with Crippen molar-refractivity contribution in [2.45, 2.75) is 53.0 Å². The highest BCUT2D eigenvalue weighted by molar-refractivity contribution is 5.13. The Morgan fingerprint density at radius 2 is 2.20 bits per heavy atom. The molecule has 1 rings (SSSR count). The van der Waals surface area contributed by atoms with E-state index in [4.69, 9.17) is 4.74 Å². The number of hydrogen-bond donors (Lipinski definition) is 1. The Balaban J connectivity index is 2.66. The minimum atomic E-state index is 0.266. The van der Waals surface area contributed by atoms with Crippen molar-refractivity contribution in [1.82, 2.24) is 5.32 Å². The van der Waals surface area contributed by atoms with Gasteiger partial charge in [0, 0.05) is 6.04 Å². The van der Waals surface area contributed by atoms with Crippen molar-refractivity contribution in [3.05, 3.63) is 11.8 Å². The van der Waals surface area contributed by atoms with Crippen LogP contribution in [0.15, 0.2) is 11.8 Å². The average molecular weight is 211 g/mol. The molecule has 1 aliphatic heterocycles. The van der Waals surface area contributed by atoms with E-state index >= 15 is 0 Å². The van der Waals surface area contributed by atoms with E-state index in [0.29, 0.717) is 6.04 Å². The number of hydrogen-bond acceptors (Lipinski definition) is 2. The van der Waals surface area contributed by atoms with Gasteiger partial charge in [0.05, 0.1) is 12.9 Å². The van der Waals surface area contributed by atoms with Crippen molar-refractivity contribution < 1.29 is 4.74 Å². The summed E-state index contributed by atoms with van der Waals surface area (Å²) in [7, 11) is 0. The number of ether oxygens (including phenoxy) is 1. The van der Waals surface area contributed by atoms with Crippen LogP contribution in [0.5, 0.6) is 0 Å². The van der Waals surface area contributed by atoms with Crippen molar-refractivity contribution in [2.75, 3.05) is 13.2 Å². The van der Waals surface area contributed by atoms with Crippen LogP contribution in [0.25, 0.3) is 0 Å². The minimum absolute atomic E-state index is 0.266. The van der Waals surface area contributed by atoms with E-state index in [9.17, 15) is 0 Å². The molecule has 15 heavy (non-hydrogen) atoms. The largest absolute Gasteiger partial charge is 0.501 e. The van der Waals surface area contributed by atoms with E-state index < -0.39 is 0 Å². The van der Waals surface area contributed by atoms with Gasteiger partial charge >= 0.3 is 0 Å². The summed E-state index contributed by atoms with van der Waals surface area (Å²) in [6.07, 6.45) is 5.49. The van der Waals surface area contributed by atoms with Crippen molar-refractivity contribution in [2.24, 2.45) is 5.41 Å². The topological polar surface area (TPSA) is 21.3 Å². The first kappa shape index (κ1) is 12.6. The van der Waals surface area contributed by atoms with E-state index in [0.717, 1.165) is 19.6 Å². The van der Waals surface area contributed by atoms with Crippen LogP contribution in [0.2, 0.25) is 0 Å². The van der Waals surface area contributed by atoms with Crippen LogP contribution in [0, 0.1) is 5.41 Å². The molecule has 0 saturated heterocycles. The molecule has 0 aromatic carbocycles. The normalized spacial score (nSPS) is 19.3. The van der Waals surface area contributed by atoms with E-state index in [1.807, 2.05) is 6.26 Å². The molecular weight excluding hydrogens is 186 g/mol. The molecule has 0 fully saturated rings. The smallest absolute Gasteiger partial charge is 0.0876 e. The molecule has 0 aromatic heterocycles. The maximum Gasteiger partial charge on any atom is 0.0876 e. The molecule has 2 heteroatoms. The number of rotatable bonds is 4. The Morgan fingerprint density at radius 3 is 2.67 bits per heavy atom. The third-order valence-electron chi connectivity index (χ3n) is 2.80. The van der Waals surface area contributed by atoms with Gasteiger partial charge in [0.15, 0.2) is 0 Å². The Labute approximate surface area is 94.1 Å². The zero-order chi connectivity index (χ0) is 11.3. The van der Waals surface area contributed by atoms with Crippen LogP contribution < -0.4 is 5.32 Å². The van der Waals surface area contributed by atoms with Gasteiger partial charge in [-0.05, 0) is 36.8 Å². The van der Waals surface area contributed by atoms with Crippen LogP contribution in [-0.2, 0) is 4.74 Å². The van der Waals surface area contributed by atoms with Crippen molar-refractivity contribution >= 4 is 0 Å². The zero-order valence-electron chi connectivity index (χ0n) is 10.6. The molecule has 1 heterocycles. The molecule has 88 valence electrons. The van der Waals surface area contributed by atoms with Gasteiger partial charge in [0.2, 0.25) is 0 Å². The van der Waals surface area contributed by atoms with Crippen molar-refractivity contribution in [1.29, 1.82) is 0 Å². The molecule has 1 aliphatic rings. The quantitative estimate of drug-likeness (QED) is 0.771. The summed E-state index contributed by atoms with van der Waals surface area (Å²) in [6, 6.07) is 0.456. The Morgan fingerprint density at radius 1 is 1.47 bits per heavy atom. The molecule has 1 atom stereocenters. The highest BCUT2D eigenvalue weighted by Crippen LogP contribution is 2.29. The van der Waals surface area contributed by atoms with Gasteiger partial charge in [-0.15, -0.1) is 0 Å².